The zero-order valence-electron chi connectivity index (χ0n) is 10.9. The number of hydrogen-bond donors (Lipinski definition) is 2. The van der Waals surface area contributed by atoms with Crippen molar-refractivity contribution in [2.75, 3.05) is 0 Å². The van der Waals surface area contributed by atoms with Crippen molar-refractivity contribution in [2.24, 2.45) is 5.41 Å². The van der Waals surface area contributed by atoms with Crippen LogP contribution in [0.15, 0.2) is 6.20 Å². The zero-order valence-corrected chi connectivity index (χ0v) is 11.8. The number of nitrogens with zero attached hydrogens (tertiary/aromatic N) is 1. The Balaban J connectivity index is 1.88. The Bertz CT molecular complexity index is 478. The third kappa shape index (κ3) is 3.32. The van der Waals surface area contributed by atoms with E-state index in [0.717, 1.165) is 22.7 Å². The number of carboxylic acid groups (broad SMARTS) is 1. The first-order valence-corrected chi connectivity index (χ1v) is 7.25. The number of carbonyl (C=O) groups excluding carboxylic acids is 1. The molecule has 2 rings (SSSR count). The molecule has 104 valence electrons. The van der Waals surface area contributed by atoms with E-state index in [0.29, 0.717) is 19.4 Å². The molecule has 1 aliphatic rings. The molecule has 1 aromatic rings. The van der Waals surface area contributed by atoms with Crippen LogP contribution in [0.5, 0.6) is 0 Å². The number of amides is 1. The minimum atomic E-state index is -0.844. The molecule has 0 saturated heterocycles. The van der Waals surface area contributed by atoms with Gasteiger partial charge in [0.1, 0.15) is 5.01 Å². The lowest BCUT2D eigenvalue weighted by molar-refractivity contribution is -0.151. The number of carbonyl (C=O) groups is 2. The molecular weight excluding hydrogens is 264 g/mol. The van der Waals surface area contributed by atoms with Crippen LogP contribution in [-0.4, -0.2) is 22.0 Å². The van der Waals surface area contributed by atoms with Crippen LogP contribution >= 0.6 is 11.3 Å². The van der Waals surface area contributed by atoms with E-state index in [4.69, 9.17) is 0 Å². The van der Waals surface area contributed by atoms with Gasteiger partial charge in [-0.05, 0) is 19.8 Å². The molecule has 6 heteroatoms. The fourth-order valence-corrected chi connectivity index (χ4v) is 3.27. The summed E-state index contributed by atoms with van der Waals surface area (Å²) < 4.78 is 0. The van der Waals surface area contributed by atoms with Crippen molar-refractivity contribution in [1.29, 1.82) is 0 Å². The van der Waals surface area contributed by atoms with Crippen molar-refractivity contribution < 1.29 is 14.7 Å². The number of hydrogen-bond acceptors (Lipinski definition) is 4. The summed E-state index contributed by atoms with van der Waals surface area (Å²) in [6, 6.07) is 0. The van der Waals surface area contributed by atoms with Crippen LogP contribution in [-0.2, 0) is 16.1 Å². The van der Waals surface area contributed by atoms with E-state index in [1.54, 1.807) is 6.20 Å². The van der Waals surface area contributed by atoms with E-state index in [2.05, 4.69) is 10.3 Å². The molecular formula is C13H18N2O3S. The molecule has 1 aliphatic carbocycles. The molecule has 1 saturated carbocycles. The molecule has 0 radical (unpaired) electrons. The van der Waals surface area contributed by atoms with Crippen LogP contribution in [0, 0.1) is 12.3 Å². The monoisotopic (exact) mass is 282 g/mol. The second-order valence-corrected chi connectivity index (χ2v) is 6.43. The van der Waals surface area contributed by atoms with Gasteiger partial charge in [-0.15, -0.1) is 11.3 Å². The summed E-state index contributed by atoms with van der Waals surface area (Å²) in [6.07, 6.45) is 4.84. The van der Waals surface area contributed by atoms with Crippen LogP contribution < -0.4 is 5.32 Å². The Morgan fingerprint density at radius 3 is 2.68 bits per heavy atom. The highest BCUT2D eigenvalue weighted by Gasteiger charge is 2.42. The summed E-state index contributed by atoms with van der Waals surface area (Å²) in [4.78, 5) is 28.5. The maximum Gasteiger partial charge on any atom is 0.310 e. The largest absolute Gasteiger partial charge is 0.481 e. The topological polar surface area (TPSA) is 79.3 Å². The average molecular weight is 282 g/mol. The molecule has 19 heavy (non-hydrogen) atoms. The standard InChI is InChI=1S/C13H18N2O3S/c1-9-7-15-11(19-9)8-14-10(16)6-13(12(17)18)4-2-3-5-13/h7H,2-6,8H2,1H3,(H,14,16)(H,17,18). The molecule has 1 heterocycles. The maximum atomic E-state index is 11.9. The Labute approximate surface area is 116 Å². The summed E-state index contributed by atoms with van der Waals surface area (Å²) in [5, 5.41) is 12.9. The van der Waals surface area contributed by atoms with Crippen LogP contribution in [0.2, 0.25) is 0 Å². The number of nitrogens with one attached hydrogen (secondary N) is 1. The number of carboxylic acids is 1. The summed E-state index contributed by atoms with van der Waals surface area (Å²) in [5.41, 5.74) is -0.844. The van der Waals surface area contributed by atoms with Crippen molar-refractivity contribution in [2.45, 2.75) is 45.6 Å². The minimum absolute atomic E-state index is 0.0761. The summed E-state index contributed by atoms with van der Waals surface area (Å²) in [5.74, 6) is -1.04. The highest BCUT2D eigenvalue weighted by molar-refractivity contribution is 7.11. The van der Waals surface area contributed by atoms with E-state index in [1.165, 1.54) is 11.3 Å². The van der Waals surface area contributed by atoms with Crippen molar-refractivity contribution in [1.82, 2.24) is 10.3 Å². The molecule has 0 aromatic carbocycles. The van der Waals surface area contributed by atoms with Gasteiger partial charge in [0, 0.05) is 17.5 Å². The van der Waals surface area contributed by atoms with Gasteiger partial charge in [0.15, 0.2) is 0 Å². The predicted molar refractivity (Wildman–Crippen MR) is 71.9 cm³/mol. The van der Waals surface area contributed by atoms with Gasteiger partial charge in [0.25, 0.3) is 0 Å². The number of aliphatic carboxylic acids is 1. The van der Waals surface area contributed by atoms with Crippen LogP contribution in [0.1, 0.15) is 42.0 Å². The van der Waals surface area contributed by atoms with Gasteiger partial charge >= 0.3 is 5.97 Å². The fourth-order valence-electron chi connectivity index (χ4n) is 2.55. The minimum Gasteiger partial charge on any atom is -0.481 e. The van der Waals surface area contributed by atoms with Crippen LogP contribution in [0.25, 0.3) is 0 Å². The molecule has 1 amide bonds. The van der Waals surface area contributed by atoms with E-state index in [-0.39, 0.29) is 12.3 Å². The smallest absolute Gasteiger partial charge is 0.310 e. The van der Waals surface area contributed by atoms with Gasteiger partial charge in [-0.2, -0.15) is 0 Å². The number of thiazole rings is 1. The lowest BCUT2D eigenvalue weighted by Crippen LogP contribution is -2.35. The summed E-state index contributed by atoms with van der Waals surface area (Å²) in [7, 11) is 0. The second-order valence-electron chi connectivity index (χ2n) is 5.11. The molecule has 0 bridgehead atoms. The van der Waals surface area contributed by atoms with E-state index >= 15 is 0 Å². The predicted octanol–water partition coefficient (Wildman–Crippen LogP) is 2.10. The normalized spacial score (nSPS) is 17.3. The van der Waals surface area contributed by atoms with Crippen molar-refractivity contribution >= 4 is 23.2 Å². The Morgan fingerprint density at radius 1 is 1.47 bits per heavy atom. The molecule has 0 unspecified atom stereocenters. The lowest BCUT2D eigenvalue weighted by atomic mass is 9.82. The first-order valence-electron chi connectivity index (χ1n) is 6.43. The van der Waals surface area contributed by atoms with Gasteiger partial charge in [0.05, 0.1) is 12.0 Å². The quantitative estimate of drug-likeness (QED) is 0.866. The van der Waals surface area contributed by atoms with E-state index in [9.17, 15) is 14.7 Å². The Kier molecular flexibility index (Phi) is 4.19. The molecule has 5 nitrogen and oxygen atoms in total. The number of aryl methyl sites for hydroxylation is 1. The van der Waals surface area contributed by atoms with Gasteiger partial charge in [-0.1, -0.05) is 12.8 Å². The molecule has 1 fully saturated rings. The first kappa shape index (κ1) is 14.0. The molecule has 0 atom stereocenters. The van der Waals surface area contributed by atoms with Gasteiger partial charge in [-0.25, -0.2) is 4.98 Å². The van der Waals surface area contributed by atoms with Crippen molar-refractivity contribution in [3.8, 4) is 0 Å². The second kappa shape index (κ2) is 5.69. The number of aromatic nitrogens is 1. The van der Waals surface area contributed by atoms with Crippen LogP contribution in [0.4, 0.5) is 0 Å². The zero-order chi connectivity index (χ0) is 13.9. The van der Waals surface area contributed by atoms with Crippen molar-refractivity contribution in [3.05, 3.63) is 16.1 Å². The summed E-state index contributed by atoms with van der Waals surface area (Å²) >= 11 is 1.54. The molecule has 1 aromatic heterocycles. The highest BCUT2D eigenvalue weighted by atomic mass is 32.1. The number of rotatable bonds is 5. The van der Waals surface area contributed by atoms with E-state index < -0.39 is 11.4 Å². The Morgan fingerprint density at radius 2 is 2.16 bits per heavy atom. The summed E-state index contributed by atoms with van der Waals surface area (Å²) in [6.45, 7) is 2.34. The van der Waals surface area contributed by atoms with E-state index in [1.807, 2.05) is 6.92 Å². The lowest BCUT2D eigenvalue weighted by Gasteiger charge is -2.22. The molecule has 0 aliphatic heterocycles. The maximum absolute atomic E-state index is 11.9. The third-order valence-corrected chi connectivity index (χ3v) is 4.53. The van der Waals surface area contributed by atoms with Crippen molar-refractivity contribution in [3.63, 3.8) is 0 Å². The van der Waals surface area contributed by atoms with Crippen LogP contribution in [0.3, 0.4) is 0 Å². The first-order chi connectivity index (χ1) is 9.02. The molecule has 0 spiro atoms. The SMILES string of the molecule is Cc1cnc(CNC(=O)CC2(C(=O)O)CCCC2)s1. The average Bonchev–Trinajstić information content (AvgIpc) is 2.97. The third-order valence-electron chi connectivity index (χ3n) is 3.62. The highest BCUT2D eigenvalue weighted by Crippen LogP contribution is 2.41. The Hall–Kier alpha value is -1.43. The fraction of sp³-hybridized carbons (Fsp3) is 0.615. The van der Waals surface area contributed by atoms with Gasteiger partial charge in [0.2, 0.25) is 5.91 Å². The van der Waals surface area contributed by atoms with Gasteiger partial charge < -0.3 is 10.4 Å². The van der Waals surface area contributed by atoms with Gasteiger partial charge in [-0.3, -0.25) is 9.59 Å². The molecule has 2 N–H and O–H groups in total.